The summed E-state index contributed by atoms with van der Waals surface area (Å²) in [6.45, 7) is 2.26. The van der Waals surface area contributed by atoms with Crippen LogP contribution in [0.4, 0.5) is 0 Å². The first-order chi connectivity index (χ1) is 24.9. The first kappa shape index (κ1) is 41.7. The Bertz CT molecular complexity index is 1760. The smallest absolute Gasteiger partial charge is 0.271 e. The Hall–Kier alpha value is -4.74. The van der Waals surface area contributed by atoms with E-state index in [1.807, 2.05) is 31.2 Å². The van der Waals surface area contributed by atoms with Crippen molar-refractivity contribution >= 4 is 52.2 Å². The standard InChI is InChI=1S/C35H48N8O7S2/c1-25-10-12-26(13-11-25)30-20-29(42-43(30)27-14-16-28(17-15-27)52(36,49)50)35(48)38-19-9-7-5-3-2-4-6-8-18-37-31(44)21-39-32(45)22-40-33(46)23-41-34(47)24-51/h10-17,20,51H,2-9,18-19,21-24H2,1H3,(H,37,44)(H,38,48)(H,39,45)(H,40,46)(H,41,47)(H2,36,49,50). The molecule has 5 amide bonds. The normalized spacial score (nSPS) is 11.1. The first-order valence-electron chi connectivity index (χ1n) is 17.1. The summed E-state index contributed by atoms with van der Waals surface area (Å²) in [5.74, 6) is -2.08. The van der Waals surface area contributed by atoms with E-state index in [1.165, 1.54) is 12.1 Å². The highest BCUT2D eigenvalue weighted by Crippen LogP contribution is 2.25. The molecule has 0 radical (unpaired) electrons. The molecule has 3 aromatic rings. The van der Waals surface area contributed by atoms with Crippen LogP contribution in [0.1, 0.15) is 67.4 Å². The number of nitrogens with zero attached hydrogens (tertiary/aromatic N) is 2. The molecule has 1 heterocycles. The Morgan fingerprint density at radius 1 is 0.673 bits per heavy atom. The second-order valence-corrected chi connectivity index (χ2v) is 14.0. The zero-order chi connectivity index (χ0) is 37.9. The molecule has 0 atom stereocenters. The van der Waals surface area contributed by atoms with Crippen molar-refractivity contribution in [3.8, 4) is 16.9 Å². The van der Waals surface area contributed by atoms with Gasteiger partial charge in [0.15, 0.2) is 5.69 Å². The average molecular weight is 757 g/mol. The van der Waals surface area contributed by atoms with Crippen LogP contribution in [0.25, 0.3) is 16.9 Å². The number of hydrogen-bond acceptors (Lipinski definition) is 9. The van der Waals surface area contributed by atoms with Crippen molar-refractivity contribution in [2.45, 2.75) is 63.2 Å². The fraction of sp³-hybridized carbons (Fsp3) is 0.429. The summed E-state index contributed by atoms with van der Waals surface area (Å²) in [7, 11) is -3.85. The van der Waals surface area contributed by atoms with E-state index >= 15 is 0 Å². The number of sulfonamides is 1. The molecular weight excluding hydrogens is 709 g/mol. The highest BCUT2D eigenvalue weighted by Gasteiger charge is 2.18. The molecule has 282 valence electrons. The summed E-state index contributed by atoms with van der Waals surface area (Å²) in [4.78, 5) is 59.4. The number of rotatable bonds is 22. The second kappa shape index (κ2) is 21.6. The van der Waals surface area contributed by atoms with Gasteiger partial charge in [0.2, 0.25) is 33.7 Å². The zero-order valence-electron chi connectivity index (χ0n) is 29.3. The summed E-state index contributed by atoms with van der Waals surface area (Å²) in [5.41, 5.74) is 3.47. The Morgan fingerprint density at radius 2 is 1.15 bits per heavy atom. The predicted octanol–water partition coefficient (Wildman–Crippen LogP) is 1.74. The molecule has 0 bridgehead atoms. The molecule has 0 saturated heterocycles. The second-order valence-electron chi connectivity index (χ2n) is 12.2. The van der Waals surface area contributed by atoms with Gasteiger partial charge in [-0.3, -0.25) is 24.0 Å². The minimum Gasteiger partial charge on any atom is -0.355 e. The van der Waals surface area contributed by atoms with Gasteiger partial charge < -0.3 is 26.6 Å². The third kappa shape index (κ3) is 14.9. The number of carbonyl (C=O) groups is 5. The maximum absolute atomic E-state index is 13.0. The maximum Gasteiger partial charge on any atom is 0.271 e. The topological polar surface area (TPSA) is 223 Å². The minimum atomic E-state index is -3.85. The SMILES string of the molecule is Cc1ccc(-c2cc(C(=O)NCCCCCCCCCCNC(=O)CNC(=O)CNC(=O)CNC(=O)CS)nn2-c2ccc(S(N)(=O)=O)cc2)cc1. The van der Waals surface area contributed by atoms with Crippen LogP contribution in [0.3, 0.4) is 0 Å². The summed E-state index contributed by atoms with van der Waals surface area (Å²) in [6.07, 6.45) is 7.80. The van der Waals surface area contributed by atoms with Crippen LogP contribution in [-0.4, -0.2) is 86.2 Å². The summed E-state index contributed by atoms with van der Waals surface area (Å²) in [5, 5.41) is 22.6. The van der Waals surface area contributed by atoms with E-state index in [-0.39, 0.29) is 47.8 Å². The summed E-state index contributed by atoms with van der Waals surface area (Å²) >= 11 is 3.78. The van der Waals surface area contributed by atoms with Crippen molar-refractivity contribution < 1.29 is 32.4 Å². The highest BCUT2D eigenvalue weighted by atomic mass is 32.2. The Kier molecular flexibility index (Phi) is 17.3. The quantitative estimate of drug-likeness (QED) is 0.0590. The number of nitrogens with two attached hydrogens (primary N) is 1. The fourth-order valence-electron chi connectivity index (χ4n) is 5.01. The molecule has 15 nitrogen and oxygen atoms in total. The van der Waals surface area contributed by atoms with Crippen LogP contribution >= 0.6 is 12.6 Å². The lowest BCUT2D eigenvalue weighted by molar-refractivity contribution is -0.128. The van der Waals surface area contributed by atoms with E-state index < -0.39 is 27.7 Å². The number of benzene rings is 2. The molecule has 0 fully saturated rings. The zero-order valence-corrected chi connectivity index (χ0v) is 31.0. The molecule has 0 spiro atoms. The lowest BCUT2D eigenvalue weighted by Crippen LogP contribution is -2.44. The Balaban J connectivity index is 1.27. The summed E-state index contributed by atoms with van der Waals surface area (Å²) < 4.78 is 25.0. The number of aryl methyl sites for hydroxylation is 1. The van der Waals surface area contributed by atoms with Crippen molar-refractivity contribution in [1.82, 2.24) is 36.4 Å². The molecule has 17 heteroatoms. The van der Waals surface area contributed by atoms with Crippen molar-refractivity contribution in [2.75, 3.05) is 38.5 Å². The van der Waals surface area contributed by atoms with E-state index in [2.05, 4.69) is 44.3 Å². The molecular formula is C35H48N8O7S2. The van der Waals surface area contributed by atoms with Crippen LogP contribution in [0.15, 0.2) is 59.5 Å². The molecule has 1 aromatic heterocycles. The van der Waals surface area contributed by atoms with Gasteiger partial charge in [0.1, 0.15) is 0 Å². The van der Waals surface area contributed by atoms with Crippen LogP contribution in [0.2, 0.25) is 0 Å². The number of hydrogen-bond donors (Lipinski definition) is 7. The highest BCUT2D eigenvalue weighted by molar-refractivity contribution is 7.89. The van der Waals surface area contributed by atoms with Crippen molar-refractivity contribution in [1.29, 1.82) is 0 Å². The van der Waals surface area contributed by atoms with E-state index in [9.17, 15) is 32.4 Å². The number of carbonyl (C=O) groups excluding carboxylic acids is 5. The third-order valence-corrected chi connectivity index (χ3v) is 9.11. The first-order valence-corrected chi connectivity index (χ1v) is 19.3. The minimum absolute atomic E-state index is 0.0151. The molecule has 2 aromatic carbocycles. The number of aromatic nitrogens is 2. The van der Waals surface area contributed by atoms with Gasteiger partial charge in [0, 0.05) is 18.7 Å². The maximum atomic E-state index is 13.0. The van der Waals surface area contributed by atoms with E-state index in [4.69, 9.17) is 5.14 Å². The molecule has 0 aliphatic carbocycles. The molecule has 7 N–H and O–H groups in total. The summed E-state index contributed by atoms with van der Waals surface area (Å²) in [6, 6.07) is 15.6. The van der Waals surface area contributed by atoms with E-state index in [1.54, 1.807) is 22.9 Å². The Morgan fingerprint density at radius 3 is 1.67 bits per heavy atom. The number of unbranched alkanes of at least 4 members (excludes halogenated alkanes) is 7. The molecule has 0 unspecified atom stereocenters. The van der Waals surface area contributed by atoms with Crippen molar-refractivity contribution in [3.63, 3.8) is 0 Å². The van der Waals surface area contributed by atoms with Gasteiger partial charge in [-0.2, -0.15) is 17.7 Å². The lowest BCUT2D eigenvalue weighted by atomic mass is 10.1. The molecule has 0 aliphatic rings. The van der Waals surface area contributed by atoms with E-state index in [0.717, 1.165) is 62.5 Å². The van der Waals surface area contributed by atoms with Crippen LogP contribution < -0.4 is 31.7 Å². The molecule has 3 rings (SSSR count). The van der Waals surface area contributed by atoms with Gasteiger partial charge in [-0.05, 0) is 50.1 Å². The van der Waals surface area contributed by atoms with Gasteiger partial charge in [-0.25, -0.2) is 18.2 Å². The number of amides is 5. The fourth-order valence-corrected chi connectivity index (χ4v) is 5.63. The van der Waals surface area contributed by atoms with Gasteiger partial charge in [-0.15, -0.1) is 0 Å². The lowest BCUT2D eigenvalue weighted by Gasteiger charge is -2.09. The molecule has 52 heavy (non-hydrogen) atoms. The van der Waals surface area contributed by atoms with Crippen molar-refractivity contribution in [2.24, 2.45) is 5.14 Å². The van der Waals surface area contributed by atoms with Gasteiger partial charge >= 0.3 is 0 Å². The van der Waals surface area contributed by atoms with Crippen LogP contribution in [0, 0.1) is 6.92 Å². The third-order valence-electron chi connectivity index (χ3n) is 7.89. The Labute approximate surface area is 309 Å². The molecule has 0 saturated carbocycles. The van der Waals surface area contributed by atoms with Crippen LogP contribution in [-0.2, 0) is 29.2 Å². The van der Waals surface area contributed by atoms with Gasteiger partial charge in [0.25, 0.3) is 5.91 Å². The number of nitrogens with one attached hydrogen (secondary N) is 5. The largest absolute Gasteiger partial charge is 0.355 e. The average Bonchev–Trinajstić information content (AvgIpc) is 3.58. The predicted molar refractivity (Wildman–Crippen MR) is 200 cm³/mol. The number of thiol groups is 1. The van der Waals surface area contributed by atoms with Gasteiger partial charge in [-0.1, -0.05) is 68.4 Å². The van der Waals surface area contributed by atoms with Crippen LogP contribution in [0.5, 0.6) is 0 Å². The number of primary sulfonamides is 1. The molecule has 0 aliphatic heterocycles. The van der Waals surface area contributed by atoms with Gasteiger partial charge in [0.05, 0.1) is 41.7 Å². The monoisotopic (exact) mass is 756 g/mol. The van der Waals surface area contributed by atoms with E-state index in [0.29, 0.717) is 24.5 Å². The van der Waals surface area contributed by atoms with Crippen molar-refractivity contribution in [3.05, 3.63) is 65.9 Å².